The van der Waals surface area contributed by atoms with E-state index in [2.05, 4.69) is 43.8 Å². The minimum Gasteiger partial charge on any atom is -0.481 e. The Morgan fingerprint density at radius 1 is 0.553 bits per heavy atom. The second-order valence-corrected chi connectivity index (χ2v) is 20.6. The molecule has 0 spiro atoms. The lowest BCUT2D eigenvalue weighted by Crippen LogP contribution is -2.57. The molecule has 21 nitrogen and oxygen atoms in total. The van der Waals surface area contributed by atoms with E-state index in [9.17, 15) is 63.3 Å². The molecule has 0 aliphatic carbocycles. The molecule has 12 N–H and O–H groups in total. The number of hydrogen-bond acceptors (Lipinski definition) is 12. The number of nitrogens with one attached hydrogen (secondary N) is 7. The summed E-state index contributed by atoms with van der Waals surface area (Å²) in [5, 5.41) is 47.7. The number of carboxylic acids is 3. The SMILES string of the molecule is C=C(NC(CC(C)C)C(=O)NCC(=O)NC(CCC(=O)O)C(=O)NC(Cc1ccccc1)C(=O)NC(CCC(=O)O)C(=O)CC(C(=O)O)C(C)C)C(NC(=O)C(CC(C)C)NC(=O)C(N)Cc1ccccc1)C(C)CC. The number of hydrogen-bond donors (Lipinski definition) is 11. The predicted octanol–water partition coefficient (Wildman–Crippen LogP) is 3.00. The Balaban J connectivity index is 2.31. The molecule has 0 radical (unpaired) electrons. The van der Waals surface area contributed by atoms with Crippen LogP contribution in [-0.4, -0.2) is 123 Å². The summed E-state index contributed by atoms with van der Waals surface area (Å²) < 4.78 is 0. The van der Waals surface area contributed by atoms with Gasteiger partial charge in [-0.3, -0.25) is 47.9 Å². The summed E-state index contributed by atoms with van der Waals surface area (Å²) >= 11 is 0. The summed E-state index contributed by atoms with van der Waals surface area (Å²) in [5.74, 6) is -10.9. The number of carbonyl (C=O) groups is 10. The standard InChI is InChI=1S/C55H82N8O13/c1-10-34(8)49(63-54(74)43(26-32(4)5)61-50(70)39(56)27-36-17-13-11-14-18-36)35(9)58-42(25-31(2)3)51(71)57-30-46(65)59-41(22-24-48(68)69)52(72)62-44(28-37-19-15-12-16-20-37)53(73)60-40(21-23-47(66)67)45(64)29-38(33(6)7)55(75)76/h11-20,31-34,38-44,49,58H,9-10,21-30,56H2,1-8H3,(H,57,71)(H,59,65)(H,60,73)(H,61,70)(H,62,72)(H,63,74)(H,66,67)(H,68,69)(H,75,76). The number of carboxylic acid groups (broad SMARTS) is 3. The van der Waals surface area contributed by atoms with Crippen LogP contribution < -0.4 is 43.0 Å². The monoisotopic (exact) mass is 1060 g/mol. The zero-order chi connectivity index (χ0) is 57.2. The maximum Gasteiger partial charge on any atom is 0.307 e. The van der Waals surface area contributed by atoms with Crippen molar-refractivity contribution in [3.63, 3.8) is 0 Å². The first kappa shape index (κ1) is 65.0. The molecule has 9 atom stereocenters. The first-order chi connectivity index (χ1) is 35.7. The number of ketones is 1. The first-order valence-electron chi connectivity index (χ1n) is 26.0. The van der Waals surface area contributed by atoms with Gasteiger partial charge in [0.05, 0.1) is 30.6 Å². The van der Waals surface area contributed by atoms with Crippen LogP contribution in [0.4, 0.5) is 0 Å². The molecule has 76 heavy (non-hydrogen) atoms. The van der Waals surface area contributed by atoms with E-state index in [1.54, 1.807) is 44.2 Å². The third-order valence-electron chi connectivity index (χ3n) is 12.8. The maximum atomic E-state index is 14.0. The molecule has 0 saturated carbocycles. The summed E-state index contributed by atoms with van der Waals surface area (Å²) in [4.78, 5) is 131. The number of carbonyl (C=O) groups excluding carboxylic acids is 7. The number of nitrogens with two attached hydrogens (primary N) is 1. The van der Waals surface area contributed by atoms with Gasteiger partial charge in [0.1, 0.15) is 24.2 Å². The molecule has 0 aliphatic rings. The Morgan fingerprint density at radius 2 is 1.01 bits per heavy atom. The van der Waals surface area contributed by atoms with Crippen LogP contribution in [0.3, 0.4) is 0 Å². The smallest absolute Gasteiger partial charge is 0.307 e. The van der Waals surface area contributed by atoms with E-state index in [1.807, 2.05) is 71.9 Å². The quantitative estimate of drug-likeness (QED) is 0.0467. The summed E-state index contributed by atoms with van der Waals surface area (Å²) in [6.45, 7) is 18.1. The molecule has 0 aliphatic heterocycles. The van der Waals surface area contributed by atoms with E-state index in [1.165, 1.54) is 0 Å². The van der Waals surface area contributed by atoms with Gasteiger partial charge < -0.3 is 58.3 Å². The Hall–Kier alpha value is -7.16. The van der Waals surface area contributed by atoms with Gasteiger partial charge in [-0.1, -0.05) is 129 Å². The summed E-state index contributed by atoms with van der Waals surface area (Å²) in [6, 6.07) is 9.57. The molecule has 0 saturated heterocycles. The van der Waals surface area contributed by atoms with Gasteiger partial charge in [0.15, 0.2) is 5.78 Å². The Morgan fingerprint density at radius 3 is 1.50 bits per heavy atom. The molecule has 0 aromatic heterocycles. The lowest BCUT2D eigenvalue weighted by Gasteiger charge is -2.32. The highest BCUT2D eigenvalue weighted by Crippen LogP contribution is 2.20. The second-order valence-electron chi connectivity index (χ2n) is 20.6. The maximum absolute atomic E-state index is 14.0. The Labute approximate surface area is 446 Å². The van der Waals surface area contributed by atoms with Crippen LogP contribution in [0, 0.1) is 29.6 Å². The molecule has 420 valence electrons. The van der Waals surface area contributed by atoms with Crippen LogP contribution in [0.15, 0.2) is 72.9 Å². The van der Waals surface area contributed by atoms with Crippen LogP contribution >= 0.6 is 0 Å². The van der Waals surface area contributed by atoms with E-state index >= 15 is 0 Å². The van der Waals surface area contributed by atoms with Gasteiger partial charge in [-0.25, -0.2) is 0 Å². The molecular formula is C55H82N8O13. The number of aliphatic carboxylic acids is 3. The van der Waals surface area contributed by atoms with E-state index in [0.717, 1.165) is 5.56 Å². The number of amides is 6. The third kappa shape index (κ3) is 24.0. The number of rotatable bonds is 36. The third-order valence-corrected chi connectivity index (χ3v) is 12.8. The van der Waals surface area contributed by atoms with Crippen LogP contribution in [0.2, 0.25) is 0 Å². The number of Topliss-reactive ketones (excluding diaryl/α,β-unsaturated/α-hetero) is 1. The molecule has 2 aromatic carbocycles. The highest BCUT2D eigenvalue weighted by Gasteiger charge is 2.35. The minimum atomic E-state index is -1.56. The van der Waals surface area contributed by atoms with Crippen LogP contribution in [0.1, 0.15) is 118 Å². The lowest BCUT2D eigenvalue weighted by molar-refractivity contribution is -0.146. The predicted molar refractivity (Wildman–Crippen MR) is 285 cm³/mol. The fourth-order valence-corrected chi connectivity index (χ4v) is 8.25. The van der Waals surface area contributed by atoms with Crippen LogP contribution in [-0.2, 0) is 60.8 Å². The molecule has 2 rings (SSSR count). The topological polar surface area (TPSA) is 342 Å². The van der Waals surface area contributed by atoms with Crippen LogP contribution in [0.5, 0.6) is 0 Å². The average Bonchev–Trinajstić information content (AvgIpc) is 3.35. The molecule has 21 heteroatoms. The average molecular weight is 1060 g/mol. The molecule has 0 heterocycles. The van der Waals surface area contributed by atoms with Crippen molar-refractivity contribution in [3.05, 3.63) is 84.1 Å². The minimum absolute atomic E-state index is 0.0117. The highest BCUT2D eigenvalue weighted by atomic mass is 16.4. The largest absolute Gasteiger partial charge is 0.481 e. The van der Waals surface area contributed by atoms with Gasteiger partial charge >= 0.3 is 17.9 Å². The highest BCUT2D eigenvalue weighted by molar-refractivity contribution is 5.96. The van der Waals surface area contributed by atoms with E-state index in [4.69, 9.17) is 5.73 Å². The van der Waals surface area contributed by atoms with Gasteiger partial charge in [0.2, 0.25) is 35.4 Å². The van der Waals surface area contributed by atoms with Crippen LogP contribution in [0.25, 0.3) is 0 Å². The molecule has 9 unspecified atom stereocenters. The molecule has 6 amide bonds. The summed E-state index contributed by atoms with van der Waals surface area (Å²) in [7, 11) is 0. The van der Waals surface area contributed by atoms with Crippen molar-refractivity contribution in [1.29, 1.82) is 0 Å². The molecule has 0 fully saturated rings. The second kappa shape index (κ2) is 33.0. The lowest BCUT2D eigenvalue weighted by atomic mass is 9.88. The van der Waals surface area contributed by atoms with Gasteiger partial charge in [-0.15, -0.1) is 0 Å². The van der Waals surface area contributed by atoms with Crippen molar-refractivity contribution in [2.45, 2.75) is 162 Å². The van der Waals surface area contributed by atoms with E-state index in [0.29, 0.717) is 24.1 Å². The van der Waals surface area contributed by atoms with Gasteiger partial charge in [0, 0.05) is 31.4 Å². The molecule has 2 aromatic rings. The first-order valence-corrected chi connectivity index (χ1v) is 26.0. The van der Waals surface area contributed by atoms with Gasteiger partial charge in [0.25, 0.3) is 0 Å². The van der Waals surface area contributed by atoms with E-state index in [-0.39, 0.29) is 43.4 Å². The number of benzene rings is 2. The summed E-state index contributed by atoms with van der Waals surface area (Å²) in [5.41, 5.74) is 7.96. The van der Waals surface area contributed by atoms with Crippen molar-refractivity contribution in [1.82, 2.24) is 37.2 Å². The van der Waals surface area contributed by atoms with Crippen molar-refractivity contribution in [3.8, 4) is 0 Å². The fourth-order valence-electron chi connectivity index (χ4n) is 8.25. The molecular weight excluding hydrogens is 981 g/mol. The Bertz CT molecular complexity index is 2280. The Kier molecular flexibility index (Phi) is 28.2. The summed E-state index contributed by atoms with van der Waals surface area (Å²) in [6.07, 6.45) is -1.28. The van der Waals surface area contributed by atoms with Crippen molar-refractivity contribution in [2.24, 2.45) is 35.3 Å². The molecule has 0 bridgehead atoms. The van der Waals surface area contributed by atoms with Crippen molar-refractivity contribution >= 4 is 59.1 Å². The van der Waals surface area contributed by atoms with Crippen molar-refractivity contribution in [2.75, 3.05) is 6.54 Å². The van der Waals surface area contributed by atoms with Gasteiger partial charge in [-0.2, -0.15) is 0 Å². The normalized spacial score (nSPS) is 14.8. The van der Waals surface area contributed by atoms with E-state index < -0.39 is 145 Å². The van der Waals surface area contributed by atoms with Crippen molar-refractivity contribution < 1.29 is 63.3 Å². The van der Waals surface area contributed by atoms with Gasteiger partial charge in [-0.05, 0) is 66.9 Å². The zero-order valence-corrected chi connectivity index (χ0v) is 45.2. The zero-order valence-electron chi connectivity index (χ0n) is 45.2. The fraction of sp³-hybridized carbons (Fsp3) is 0.564.